The van der Waals surface area contributed by atoms with E-state index >= 15 is 0 Å². The molecule has 0 aliphatic carbocycles. The van der Waals surface area contributed by atoms with Gasteiger partial charge in [0.2, 0.25) is 10.0 Å². The Bertz CT molecular complexity index is 836. The minimum absolute atomic E-state index is 0.0994. The van der Waals surface area contributed by atoms with E-state index in [1.807, 2.05) is 55.4 Å². The molecule has 26 heavy (non-hydrogen) atoms. The molecule has 2 N–H and O–H groups in total. The Morgan fingerprint density at radius 2 is 1.81 bits per heavy atom. The number of rotatable bonds is 9. The van der Waals surface area contributed by atoms with Gasteiger partial charge in [-0.25, -0.2) is 13.1 Å². The Hall–Kier alpha value is -2.38. The Kier molecular flexibility index (Phi) is 6.76. The largest absolute Gasteiger partial charge is 0.481 e. The number of nitrogens with one attached hydrogen (secondary N) is 1. The first-order valence-electron chi connectivity index (χ1n) is 8.33. The third kappa shape index (κ3) is 5.86. The maximum Gasteiger partial charge on any atom is 0.303 e. The SMILES string of the molecule is CN(C)c1cccc(S(=O)(=O)NC(CCC(=O)O)Cc2ccccc2)c1. The van der Waals surface area contributed by atoms with Gasteiger partial charge in [-0.15, -0.1) is 0 Å². The number of hydrogen-bond donors (Lipinski definition) is 2. The second-order valence-electron chi connectivity index (χ2n) is 6.33. The number of aliphatic carboxylic acids is 1. The first kappa shape index (κ1) is 19.9. The highest BCUT2D eigenvalue weighted by atomic mass is 32.2. The van der Waals surface area contributed by atoms with Gasteiger partial charge in [-0.1, -0.05) is 36.4 Å². The summed E-state index contributed by atoms with van der Waals surface area (Å²) in [6.07, 6.45) is 0.551. The molecule has 0 heterocycles. The van der Waals surface area contributed by atoms with Gasteiger partial charge in [-0.3, -0.25) is 4.79 Å². The van der Waals surface area contributed by atoms with Crippen LogP contribution >= 0.6 is 0 Å². The maximum atomic E-state index is 12.8. The topological polar surface area (TPSA) is 86.7 Å². The van der Waals surface area contributed by atoms with Crippen LogP contribution in [0.5, 0.6) is 0 Å². The standard InChI is InChI=1S/C19H24N2O4S/c1-21(2)17-9-6-10-18(14-17)26(24,25)20-16(11-12-19(22)23)13-15-7-4-3-5-8-15/h3-10,14,16,20H,11-13H2,1-2H3,(H,22,23). The second-order valence-corrected chi connectivity index (χ2v) is 8.05. The van der Waals surface area contributed by atoms with Crippen molar-refractivity contribution in [3.63, 3.8) is 0 Å². The molecule has 0 bridgehead atoms. The van der Waals surface area contributed by atoms with Gasteiger partial charge in [0.25, 0.3) is 0 Å². The first-order valence-corrected chi connectivity index (χ1v) is 9.81. The summed E-state index contributed by atoms with van der Waals surface area (Å²) in [5.41, 5.74) is 1.73. The van der Waals surface area contributed by atoms with Gasteiger partial charge < -0.3 is 10.0 Å². The van der Waals surface area contributed by atoms with Gasteiger partial charge in [0, 0.05) is 32.2 Å². The van der Waals surface area contributed by atoms with E-state index in [9.17, 15) is 13.2 Å². The van der Waals surface area contributed by atoms with Crippen molar-refractivity contribution >= 4 is 21.7 Å². The molecule has 2 aromatic carbocycles. The molecule has 0 spiro atoms. The summed E-state index contributed by atoms with van der Waals surface area (Å²) in [5, 5.41) is 8.96. The van der Waals surface area contributed by atoms with Crippen LogP contribution in [0.1, 0.15) is 18.4 Å². The van der Waals surface area contributed by atoms with E-state index in [1.54, 1.807) is 12.1 Å². The lowest BCUT2D eigenvalue weighted by atomic mass is 10.0. The van der Waals surface area contributed by atoms with E-state index in [4.69, 9.17) is 5.11 Å². The number of sulfonamides is 1. The molecule has 6 nitrogen and oxygen atoms in total. The minimum atomic E-state index is -3.75. The van der Waals surface area contributed by atoms with Crippen LogP contribution in [-0.2, 0) is 21.2 Å². The van der Waals surface area contributed by atoms with E-state index in [0.717, 1.165) is 11.3 Å². The van der Waals surface area contributed by atoms with Crippen molar-refractivity contribution in [3.8, 4) is 0 Å². The summed E-state index contributed by atoms with van der Waals surface area (Å²) < 4.78 is 28.2. The molecule has 0 aromatic heterocycles. The van der Waals surface area contributed by atoms with Crippen molar-refractivity contribution in [2.24, 2.45) is 0 Å². The van der Waals surface area contributed by atoms with Crippen molar-refractivity contribution < 1.29 is 18.3 Å². The van der Waals surface area contributed by atoms with Crippen LogP contribution < -0.4 is 9.62 Å². The van der Waals surface area contributed by atoms with Crippen molar-refractivity contribution in [1.82, 2.24) is 4.72 Å². The van der Waals surface area contributed by atoms with Gasteiger partial charge in [-0.2, -0.15) is 0 Å². The minimum Gasteiger partial charge on any atom is -0.481 e. The summed E-state index contributed by atoms with van der Waals surface area (Å²) in [5.74, 6) is -0.947. The Balaban J connectivity index is 2.21. The molecule has 0 aliphatic heterocycles. The second kappa shape index (κ2) is 8.82. The molecule has 0 aliphatic rings. The molecule has 140 valence electrons. The van der Waals surface area contributed by atoms with Crippen LogP contribution in [0, 0.1) is 0 Å². The summed E-state index contributed by atoms with van der Waals surface area (Å²) in [6.45, 7) is 0. The molecular weight excluding hydrogens is 352 g/mol. The van der Waals surface area contributed by atoms with Crippen molar-refractivity contribution in [2.75, 3.05) is 19.0 Å². The number of carbonyl (C=O) groups is 1. The fourth-order valence-electron chi connectivity index (χ4n) is 2.62. The highest BCUT2D eigenvalue weighted by Gasteiger charge is 2.21. The molecule has 0 amide bonds. The highest BCUT2D eigenvalue weighted by Crippen LogP contribution is 2.19. The number of hydrogen-bond acceptors (Lipinski definition) is 4. The number of nitrogens with zero attached hydrogens (tertiary/aromatic N) is 1. The molecule has 0 saturated carbocycles. The smallest absolute Gasteiger partial charge is 0.303 e. The number of benzene rings is 2. The molecule has 0 fully saturated rings. The zero-order valence-electron chi connectivity index (χ0n) is 14.9. The quantitative estimate of drug-likeness (QED) is 0.702. The van der Waals surface area contributed by atoms with Crippen molar-refractivity contribution in [2.45, 2.75) is 30.2 Å². The molecule has 1 atom stereocenters. The Labute approximate surface area is 154 Å². The van der Waals surface area contributed by atoms with E-state index < -0.39 is 22.0 Å². The van der Waals surface area contributed by atoms with Gasteiger partial charge in [0.15, 0.2) is 0 Å². The zero-order valence-corrected chi connectivity index (χ0v) is 15.7. The predicted octanol–water partition coefficient (Wildman–Crippen LogP) is 2.51. The van der Waals surface area contributed by atoms with Crippen LogP contribution in [0.4, 0.5) is 5.69 Å². The van der Waals surface area contributed by atoms with E-state index in [1.165, 1.54) is 6.07 Å². The fourth-order valence-corrected chi connectivity index (χ4v) is 3.92. The average Bonchev–Trinajstić information content (AvgIpc) is 2.60. The summed E-state index contributed by atoms with van der Waals surface area (Å²) in [7, 11) is -0.0781. The molecule has 2 aromatic rings. The lowest BCUT2D eigenvalue weighted by Crippen LogP contribution is -2.37. The molecule has 0 radical (unpaired) electrons. The summed E-state index contributed by atoms with van der Waals surface area (Å²) in [6, 6.07) is 15.6. The zero-order chi connectivity index (χ0) is 19.2. The summed E-state index contributed by atoms with van der Waals surface area (Å²) in [4.78, 5) is 12.9. The van der Waals surface area contributed by atoms with Gasteiger partial charge in [-0.05, 0) is 36.6 Å². The van der Waals surface area contributed by atoms with Crippen LogP contribution in [0.25, 0.3) is 0 Å². The van der Waals surface area contributed by atoms with Crippen LogP contribution in [0.2, 0.25) is 0 Å². The fraction of sp³-hybridized carbons (Fsp3) is 0.316. The molecule has 7 heteroatoms. The summed E-state index contributed by atoms with van der Waals surface area (Å²) >= 11 is 0. The molecule has 1 unspecified atom stereocenters. The third-order valence-electron chi connectivity index (χ3n) is 4.00. The van der Waals surface area contributed by atoms with Gasteiger partial charge in [0.1, 0.15) is 0 Å². The monoisotopic (exact) mass is 376 g/mol. The predicted molar refractivity (Wildman–Crippen MR) is 102 cm³/mol. The van der Waals surface area contributed by atoms with Crippen LogP contribution in [0.3, 0.4) is 0 Å². The number of carboxylic acids is 1. The van der Waals surface area contributed by atoms with Crippen LogP contribution in [-0.4, -0.2) is 39.6 Å². The van der Waals surface area contributed by atoms with E-state index in [0.29, 0.717) is 6.42 Å². The maximum absolute atomic E-state index is 12.8. The average molecular weight is 376 g/mol. The number of carboxylic acid groups (broad SMARTS) is 1. The van der Waals surface area contributed by atoms with Crippen LogP contribution in [0.15, 0.2) is 59.5 Å². The van der Waals surface area contributed by atoms with Crippen molar-refractivity contribution in [3.05, 3.63) is 60.2 Å². The Morgan fingerprint density at radius 3 is 2.42 bits per heavy atom. The number of anilines is 1. The van der Waals surface area contributed by atoms with E-state index in [2.05, 4.69) is 4.72 Å². The van der Waals surface area contributed by atoms with Gasteiger partial charge in [0.05, 0.1) is 4.90 Å². The van der Waals surface area contributed by atoms with E-state index in [-0.39, 0.29) is 17.7 Å². The Morgan fingerprint density at radius 1 is 1.12 bits per heavy atom. The highest BCUT2D eigenvalue weighted by molar-refractivity contribution is 7.89. The molecule has 2 rings (SSSR count). The lowest BCUT2D eigenvalue weighted by molar-refractivity contribution is -0.137. The lowest BCUT2D eigenvalue weighted by Gasteiger charge is -2.19. The molecular formula is C19H24N2O4S. The third-order valence-corrected chi connectivity index (χ3v) is 5.52. The first-order chi connectivity index (χ1) is 12.3. The van der Waals surface area contributed by atoms with Gasteiger partial charge >= 0.3 is 5.97 Å². The normalized spacial score (nSPS) is 12.5. The molecule has 0 saturated heterocycles. The van der Waals surface area contributed by atoms with Crippen molar-refractivity contribution in [1.29, 1.82) is 0 Å².